The maximum absolute atomic E-state index is 13.8. The van der Waals surface area contributed by atoms with Crippen LogP contribution in [0.5, 0.6) is 0 Å². The van der Waals surface area contributed by atoms with Crippen molar-refractivity contribution < 1.29 is 23.5 Å². The van der Waals surface area contributed by atoms with E-state index in [4.69, 9.17) is 16.3 Å². The van der Waals surface area contributed by atoms with E-state index in [9.17, 15) is 18.8 Å². The molecule has 2 aromatic carbocycles. The average molecular weight is 520 g/mol. The molecule has 0 atom stereocenters. The van der Waals surface area contributed by atoms with Gasteiger partial charge in [0.05, 0.1) is 40.7 Å². The SMILES string of the molecule is CCOC(=O)c1ccc(Cl)c(NC(=O)CSc2nnc(CNC(=O)c3ccccc3F)n2CC)c1. The number of thioether (sulfide) groups is 1. The number of rotatable bonds is 10. The lowest BCUT2D eigenvalue weighted by molar-refractivity contribution is -0.113. The van der Waals surface area contributed by atoms with Gasteiger partial charge in [0, 0.05) is 6.54 Å². The minimum Gasteiger partial charge on any atom is -0.462 e. The van der Waals surface area contributed by atoms with E-state index in [1.54, 1.807) is 17.6 Å². The highest BCUT2D eigenvalue weighted by Crippen LogP contribution is 2.24. The summed E-state index contributed by atoms with van der Waals surface area (Å²) < 4.78 is 20.5. The molecule has 1 aromatic heterocycles. The van der Waals surface area contributed by atoms with Crippen molar-refractivity contribution in [1.82, 2.24) is 20.1 Å². The molecule has 184 valence electrons. The van der Waals surface area contributed by atoms with Crippen LogP contribution < -0.4 is 10.6 Å². The third-order valence-electron chi connectivity index (χ3n) is 4.72. The lowest BCUT2D eigenvalue weighted by Gasteiger charge is -2.10. The van der Waals surface area contributed by atoms with Gasteiger partial charge in [-0.1, -0.05) is 35.5 Å². The highest BCUT2D eigenvalue weighted by atomic mass is 35.5. The Morgan fingerprint density at radius 1 is 1.14 bits per heavy atom. The summed E-state index contributed by atoms with van der Waals surface area (Å²) in [6.07, 6.45) is 0. The van der Waals surface area contributed by atoms with Crippen molar-refractivity contribution in [2.75, 3.05) is 17.7 Å². The number of hydrogen-bond acceptors (Lipinski definition) is 7. The Bertz CT molecular complexity index is 1240. The molecular formula is C23H23ClFN5O4S. The van der Waals surface area contributed by atoms with E-state index >= 15 is 0 Å². The number of carbonyl (C=O) groups is 3. The van der Waals surface area contributed by atoms with E-state index < -0.39 is 17.7 Å². The lowest BCUT2D eigenvalue weighted by Crippen LogP contribution is -2.25. The fraction of sp³-hybridized carbons (Fsp3) is 0.261. The number of ether oxygens (including phenoxy) is 1. The molecule has 2 amide bonds. The second kappa shape index (κ2) is 12.3. The zero-order valence-corrected chi connectivity index (χ0v) is 20.6. The molecule has 0 saturated carbocycles. The molecule has 12 heteroatoms. The molecule has 9 nitrogen and oxygen atoms in total. The molecular weight excluding hydrogens is 497 g/mol. The highest BCUT2D eigenvalue weighted by molar-refractivity contribution is 7.99. The summed E-state index contributed by atoms with van der Waals surface area (Å²) in [7, 11) is 0. The number of carbonyl (C=O) groups excluding carboxylic acids is 3. The Morgan fingerprint density at radius 2 is 1.91 bits per heavy atom. The lowest BCUT2D eigenvalue weighted by atomic mass is 10.2. The smallest absolute Gasteiger partial charge is 0.338 e. The fourth-order valence-corrected chi connectivity index (χ4v) is 4.04. The highest BCUT2D eigenvalue weighted by Gasteiger charge is 2.17. The summed E-state index contributed by atoms with van der Waals surface area (Å²) in [6, 6.07) is 10.2. The summed E-state index contributed by atoms with van der Waals surface area (Å²) in [5, 5.41) is 14.2. The molecule has 0 aliphatic rings. The van der Waals surface area contributed by atoms with Gasteiger partial charge in [0.25, 0.3) is 5.91 Å². The summed E-state index contributed by atoms with van der Waals surface area (Å²) >= 11 is 7.29. The number of nitrogens with zero attached hydrogens (tertiary/aromatic N) is 3. The second-order valence-corrected chi connectivity index (χ2v) is 8.41. The van der Waals surface area contributed by atoms with E-state index in [0.717, 1.165) is 11.8 Å². The number of hydrogen-bond donors (Lipinski definition) is 2. The molecule has 0 bridgehead atoms. The van der Waals surface area contributed by atoms with Gasteiger partial charge in [-0.05, 0) is 44.2 Å². The largest absolute Gasteiger partial charge is 0.462 e. The van der Waals surface area contributed by atoms with Gasteiger partial charge >= 0.3 is 5.97 Å². The fourth-order valence-electron chi connectivity index (χ4n) is 3.05. The van der Waals surface area contributed by atoms with Crippen molar-refractivity contribution in [3.63, 3.8) is 0 Å². The minimum atomic E-state index is -0.614. The molecule has 2 N–H and O–H groups in total. The first-order valence-electron chi connectivity index (χ1n) is 10.7. The number of amides is 2. The van der Waals surface area contributed by atoms with Gasteiger partial charge in [-0.2, -0.15) is 0 Å². The van der Waals surface area contributed by atoms with Gasteiger partial charge in [0.2, 0.25) is 5.91 Å². The van der Waals surface area contributed by atoms with E-state index in [-0.39, 0.29) is 46.6 Å². The first-order chi connectivity index (χ1) is 16.8. The van der Waals surface area contributed by atoms with Crippen LogP contribution in [-0.2, 0) is 22.6 Å². The van der Waals surface area contributed by atoms with Gasteiger partial charge in [0.15, 0.2) is 11.0 Å². The molecule has 35 heavy (non-hydrogen) atoms. The van der Waals surface area contributed by atoms with Crippen molar-refractivity contribution in [2.45, 2.75) is 32.1 Å². The molecule has 0 saturated heterocycles. The van der Waals surface area contributed by atoms with Crippen LogP contribution in [0.25, 0.3) is 0 Å². The number of esters is 1. The van der Waals surface area contributed by atoms with Crippen LogP contribution in [0.1, 0.15) is 40.4 Å². The van der Waals surface area contributed by atoms with Crippen LogP contribution in [0.2, 0.25) is 5.02 Å². The van der Waals surface area contributed by atoms with E-state index in [1.807, 2.05) is 6.92 Å². The summed E-state index contributed by atoms with van der Waals surface area (Å²) in [5.41, 5.74) is 0.496. The quantitative estimate of drug-likeness (QED) is 0.308. The first-order valence-corrected chi connectivity index (χ1v) is 12.0. The monoisotopic (exact) mass is 519 g/mol. The predicted octanol–water partition coefficient (Wildman–Crippen LogP) is 3.93. The number of anilines is 1. The zero-order chi connectivity index (χ0) is 25.4. The van der Waals surface area contributed by atoms with Crippen molar-refractivity contribution in [3.8, 4) is 0 Å². The van der Waals surface area contributed by atoms with E-state index in [0.29, 0.717) is 17.5 Å². The Hall–Kier alpha value is -3.44. The van der Waals surface area contributed by atoms with Crippen molar-refractivity contribution in [3.05, 3.63) is 70.3 Å². The number of halogens is 2. The van der Waals surface area contributed by atoms with Gasteiger partial charge in [-0.25, -0.2) is 9.18 Å². The first kappa shape index (κ1) is 26.2. The molecule has 0 fully saturated rings. The van der Waals surface area contributed by atoms with Crippen molar-refractivity contribution >= 4 is 46.8 Å². The van der Waals surface area contributed by atoms with Gasteiger partial charge in [-0.15, -0.1) is 10.2 Å². The Morgan fingerprint density at radius 3 is 2.63 bits per heavy atom. The molecule has 0 aliphatic heterocycles. The maximum Gasteiger partial charge on any atom is 0.338 e. The molecule has 3 rings (SSSR count). The van der Waals surface area contributed by atoms with Crippen LogP contribution >= 0.6 is 23.4 Å². The number of nitrogens with one attached hydrogen (secondary N) is 2. The third-order valence-corrected chi connectivity index (χ3v) is 6.02. The molecule has 0 spiro atoms. The average Bonchev–Trinajstić information content (AvgIpc) is 3.24. The van der Waals surface area contributed by atoms with Crippen LogP contribution in [0.3, 0.4) is 0 Å². The molecule has 0 radical (unpaired) electrons. The van der Waals surface area contributed by atoms with E-state index in [2.05, 4.69) is 20.8 Å². The second-order valence-electron chi connectivity index (χ2n) is 7.06. The van der Waals surface area contributed by atoms with E-state index in [1.165, 1.54) is 36.4 Å². The summed E-state index contributed by atoms with van der Waals surface area (Å²) in [6.45, 7) is 4.33. The zero-order valence-electron chi connectivity index (χ0n) is 19.0. The maximum atomic E-state index is 13.8. The number of benzene rings is 2. The van der Waals surface area contributed by atoms with Crippen molar-refractivity contribution in [2.24, 2.45) is 0 Å². The van der Waals surface area contributed by atoms with Crippen LogP contribution in [0, 0.1) is 5.82 Å². The van der Waals surface area contributed by atoms with Crippen LogP contribution in [-0.4, -0.2) is 44.9 Å². The normalized spacial score (nSPS) is 10.6. The third kappa shape index (κ3) is 6.80. The van der Waals surface area contributed by atoms with Gasteiger partial charge in [-0.3, -0.25) is 9.59 Å². The number of aromatic nitrogens is 3. The molecule has 0 unspecified atom stereocenters. The summed E-state index contributed by atoms with van der Waals surface area (Å²) in [4.78, 5) is 36.7. The summed E-state index contributed by atoms with van der Waals surface area (Å²) in [5.74, 6) is -1.59. The Kier molecular flexibility index (Phi) is 9.21. The standard InChI is InChI=1S/C23H23ClFN5O4S/c1-3-30-19(12-26-21(32)15-7-5-6-8-17(15)25)28-29-23(30)35-13-20(31)27-18-11-14(9-10-16(18)24)22(33)34-4-2/h5-11H,3-4,12-13H2,1-2H3,(H,26,32)(H,27,31). The molecule has 0 aliphatic carbocycles. The molecule has 3 aromatic rings. The van der Waals surface area contributed by atoms with Crippen molar-refractivity contribution in [1.29, 1.82) is 0 Å². The molecule has 1 heterocycles. The van der Waals surface area contributed by atoms with Gasteiger partial charge in [0.1, 0.15) is 5.82 Å². The topological polar surface area (TPSA) is 115 Å². The van der Waals surface area contributed by atoms with Crippen LogP contribution in [0.15, 0.2) is 47.6 Å². The minimum absolute atomic E-state index is 0.000315. The van der Waals surface area contributed by atoms with Gasteiger partial charge < -0.3 is 19.9 Å². The predicted molar refractivity (Wildman–Crippen MR) is 130 cm³/mol. The van der Waals surface area contributed by atoms with Crippen LogP contribution in [0.4, 0.5) is 10.1 Å². The Balaban J connectivity index is 1.60. The Labute approximate surface area is 210 Å².